The van der Waals surface area contributed by atoms with Gasteiger partial charge in [0.05, 0.1) is 6.04 Å². The van der Waals surface area contributed by atoms with Gasteiger partial charge in [0.2, 0.25) is 4.73 Å². The lowest BCUT2D eigenvalue weighted by molar-refractivity contribution is 0.172. The maximum Gasteiger partial charge on any atom is 0.217 e. The molecular formula is C11H10BrN3O. The molecule has 2 atom stereocenters. The topological polar surface area (TPSA) is 50.9 Å². The van der Waals surface area contributed by atoms with Crippen molar-refractivity contribution in [2.75, 3.05) is 0 Å². The molecule has 1 aliphatic heterocycles. The van der Waals surface area contributed by atoms with Crippen LogP contribution in [-0.4, -0.2) is 19.9 Å². The molecule has 2 unspecified atom stereocenters. The van der Waals surface area contributed by atoms with Crippen molar-refractivity contribution in [2.45, 2.75) is 18.6 Å². The second-order valence-electron chi connectivity index (χ2n) is 3.86. The minimum absolute atomic E-state index is 0.0880. The van der Waals surface area contributed by atoms with Crippen molar-refractivity contribution >= 4 is 15.9 Å². The van der Waals surface area contributed by atoms with E-state index in [1.54, 1.807) is 4.68 Å². The third kappa shape index (κ3) is 1.47. The zero-order valence-corrected chi connectivity index (χ0v) is 10.0. The number of aromatic nitrogens is 3. The highest BCUT2D eigenvalue weighted by atomic mass is 79.9. The van der Waals surface area contributed by atoms with Crippen molar-refractivity contribution in [3.8, 4) is 0 Å². The molecule has 16 heavy (non-hydrogen) atoms. The van der Waals surface area contributed by atoms with Crippen molar-refractivity contribution < 1.29 is 5.11 Å². The number of hydrogen-bond donors (Lipinski definition) is 1. The molecule has 82 valence electrons. The second kappa shape index (κ2) is 3.68. The minimum Gasteiger partial charge on any atom is -0.385 e. The van der Waals surface area contributed by atoms with Crippen molar-refractivity contribution in [1.82, 2.24) is 14.8 Å². The summed E-state index contributed by atoms with van der Waals surface area (Å²) in [6.07, 6.45) is 0.121. The van der Waals surface area contributed by atoms with Crippen LogP contribution in [0.1, 0.15) is 30.0 Å². The summed E-state index contributed by atoms with van der Waals surface area (Å²) >= 11 is 3.23. The van der Waals surface area contributed by atoms with E-state index in [0.29, 0.717) is 17.0 Å². The number of fused-ring (bicyclic) bond motifs is 1. The number of aliphatic hydroxyl groups excluding tert-OH is 1. The smallest absolute Gasteiger partial charge is 0.217 e. The molecule has 4 nitrogen and oxygen atoms in total. The van der Waals surface area contributed by atoms with Gasteiger partial charge in [-0.05, 0) is 21.5 Å². The van der Waals surface area contributed by atoms with E-state index < -0.39 is 6.10 Å². The normalized spacial score (nSPS) is 23.4. The monoisotopic (exact) mass is 279 g/mol. The maximum atomic E-state index is 9.88. The summed E-state index contributed by atoms with van der Waals surface area (Å²) in [6, 6.07) is 10.1. The fraction of sp³-hybridized carbons (Fsp3) is 0.273. The SMILES string of the molecule is OC1CC(c2ccccc2)n2nc(Br)nc21. The Morgan fingerprint density at radius 3 is 2.81 bits per heavy atom. The molecule has 0 aliphatic carbocycles. The van der Waals surface area contributed by atoms with E-state index in [1.807, 2.05) is 30.3 Å². The highest BCUT2D eigenvalue weighted by molar-refractivity contribution is 9.10. The molecule has 1 aliphatic rings. The summed E-state index contributed by atoms with van der Waals surface area (Å²) < 4.78 is 2.33. The molecule has 0 saturated heterocycles. The zero-order valence-electron chi connectivity index (χ0n) is 8.42. The molecule has 0 bridgehead atoms. The van der Waals surface area contributed by atoms with E-state index in [4.69, 9.17) is 0 Å². The van der Waals surface area contributed by atoms with Crippen molar-refractivity contribution in [3.63, 3.8) is 0 Å². The van der Waals surface area contributed by atoms with Crippen LogP contribution in [0, 0.1) is 0 Å². The Morgan fingerprint density at radius 1 is 1.31 bits per heavy atom. The standard InChI is InChI=1S/C11H10BrN3O/c12-11-13-10-9(16)6-8(15(10)14-11)7-4-2-1-3-5-7/h1-5,8-9,16H,6H2. The van der Waals surface area contributed by atoms with Crippen LogP contribution in [0.25, 0.3) is 0 Å². The number of rotatable bonds is 1. The Labute approximate surface area is 101 Å². The summed E-state index contributed by atoms with van der Waals surface area (Å²) in [7, 11) is 0. The van der Waals surface area contributed by atoms with Gasteiger partial charge in [-0.15, -0.1) is 5.10 Å². The summed E-state index contributed by atoms with van der Waals surface area (Å²) in [5, 5.41) is 14.1. The first-order valence-electron chi connectivity index (χ1n) is 5.10. The van der Waals surface area contributed by atoms with E-state index in [0.717, 1.165) is 5.56 Å². The third-order valence-electron chi connectivity index (χ3n) is 2.86. The van der Waals surface area contributed by atoms with Crippen LogP contribution >= 0.6 is 15.9 Å². The summed E-state index contributed by atoms with van der Waals surface area (Å²) in [5.74, 6) is 0.640. The Balaban J connectivity index is 2.06. The lowest BCUT2D eigenvalue weighted by Crippen LogP contribution is -2.07. The van der Waals surface area contributed by atoms with Gasteiger partial charge in [0, 0.05) is 6.42 Å². The van der Waals surface area contributed by atoms with Crippen LogP contribution in [0.3, 0.4) is 0 Å². The fourth-order valence-corrected chi connectivity index (χ4v) is 2.49. The molecule has 2 aromatic rings. The van der Waals surface area contributed by atoms with Crippen molar-refractivity contribution in [2.24, 2.45) is 0 Å². The van der Waals surface area contributed by atoms with E-state index in [2.05, 4.69) is 26.0 Å². The van der Waals surface area contributed by atoms with Crippen LogP contribution < -0.4 is 0 Å². The first-order chi connectivity index (χ1) is 7.75. The lowest BCUT2D eigenvalue weighted by Gasteiger charge is -2.11. The van der Waals surface area contributed by atoms with Gasteiger partial charge < -0.3 is 5.11 Å². The summed E-state index contributed by atoms with van der Waals surface area (Å²) in [6.45, 7) is 0. The largest absolute Gasteiger partial charge is 0.385 e. The zero-order chi connectivity index (χ0) is 11.1. The Hall–Kier alpha value is -1.20. The molecule has 0 fully saturated rings. The van der Waals surface area contributed by atoms with Crippen LogP contribution in [0.2, 0.25) is 0 Å². The summed E-state index contributed by atoms with van der Waals surface area (Å²) in [5.41, 5.74) is 1.15. The first kappa shape index (κ1) is 9.99. The van der Waals surface area contributed by atoms with Gasteiger partial charge in [0.25, 0.3) is 0 Å². The Kier molecular flexibility index (Phi) is 2.29. The number of halogens is 1. The molecule has 1 N–H and O–H groups in total. The molecular weight excluding hydrogens is 270 g/mol. The Morgan fingerprint density at radius 2 is 2.06 bits per heavy atom. The second-order valence-corrected chi connectivity index (χ2v) is 4.57. The predicted octanol–water partition coefficient (Wildman–Crippen LogP) is 2.07. The molecule has 5 heteroatoms. The number of aliphatic hydroxyl groups is 1. The van der Waals surface area contributed by atoms with Gasteiger partial charge in [-0.2, -0.15) is 0 Å². The molecule has 0 radical (unpaired) electrons. The highest BCUT2D eigenvalue weighted by Gasteiger charge is 2.33. The lowest BCUT2D eigenvalue weighted by atomic mass is 10.0. The molecule has 1 aromatic heterocycles. The molecule has 0 saturated carbocycles. The van der Waals surface area contributed by atoms with Crippen LogP contribution in [0.15, 0.2) is 35.1 Å². The van der Waals surface area contributed by atoms with Gasteiger partial charge >= 0.3 is 0 Å². The van der Waals surface area contributed by atoms with Crippen molar-refractivity contribution in [1.29, 1.82) is 0 Å². The molecule has 0 amide bonds. The van der Waals surface area contributed by atoms with Gasteiger partial charge in [0.1, 0.15) is 6.10 Å². The molecule has 2 heterocycles. The third-order valence-corrected chi connectivity index (χ3v) is 3.19. The average molecular weight is 280 g/mol. The van der Waals surface area contributed by atoms with Gasteiger partial charge in [-0.1, -0.05) is 30.3 Å². The Bertz CT molecular complexity index is 511. The van der Waals surface area contributed by atoms with Crippen LogP contribution in [-0.2, 0) is 0 Å². The van der Waals surface area contributed by atoms with Crippen LogP contribution in [0.5, 0.6) is 0 Å². The van der Waals surface area contributed by atoms with Crippen molar-refractivity contribution in [3.05, 3.63) is 46.5 Å². The fourth-order valence-electron chi connectivity index (χ4n) is 2.13. The van der Waals surface area contributed by atoms with E-state index >= 15 is 0 Å². The predicted molar refractivity (Wildman–Crippen MR) is 61.9 cm³/mol. The highest BCUT2D eigenvalue weighted by Crippen LogP contribution is 2.37. The number of hydrogen-bond acceptors (Lipinski definition) is 3. The van der Waals surface area contributed by atoms with E-state index in [-0.39, 0.29) is 6.04 Å². The van der Waals surface area contributed by atoms with E-state index in [1.165, 1.54) is 0 Å². The number of benzene rings is 1. The minimum atomic E-state index is -0.524. The molecule has 1 aromatic carbocycles. The number of nitrogens with zero attached hydrogens (tertiary/aromatic N) is 3. The summed E-state index contributed by atoms with van der Waals surface area (Å²) in [4.78, 5) is 4.17. The van der Waals surface area contributed by atoms with Gasteiger partial charge in [-0.25, -0.2) is 9.67 Å². The quantitative estimate of drug-likeness (QED) is 0.870. The maximum absolute atomic E-state index is 9.88. The van der Waals surface area contributed by atoms with E-state index in [9.17, 15) is 5.11 Å². The average Bonchev–Trinajstić information content (AvgIpc) is 2.80. The molecule has 0 spiro atoms. The van der Waals surface area contributed by atoms with Crippen LogP contribution in [0.4, 0.5) is 0 Å². The van der Waals surface area contributed by atoms with Gasteiger partial charge in [0.15, 0.2) is 5.82 Å². The molecule has 3 rings (SSSR count). The van der Waals surface area contributed by atoms with Gasteiger partial charge in [-0.3, -0.25) is 0 Å². The first-order valence-corrected chi connectivity index (χ1v) is 5.90.